The number of benzene rings is 1. The smallest absolute Gasteiger partial charge is 0.253 e. The Morgan fingerprint density at radius 1 is 0.898 bits per heavy atom. The minimum atomic E-state index is -0.749. The zero-order valence-corrected chi connectivity index (χ0v) is 34.6. The number of fused-ring (bicyclic) bond motifs is 3. The average molecular weight is 823 g/mol. The van der Waals surface area contributed by atoms with E-state index in [0.29, 0.717) is 63.3 Å². The summed E-state index contributed by atoms with van der Waals surface area (Å²) in [4.78, 5) is 50.7. The number of piperazine rings is 1. The molecule has 1 aromatic carbocycles. The van der Waals surface area contributed by atoms with E-state index >= 15 is 0 Å². The molecule has 0 radical (unpaired) electrons. The van der Waals surface area contributed by atoms with Crippen molar-refractivity contribution in [2.75, 3.05) is 111 Å². The molecule has 0 saturated carbocycles. The number of anilines is 1. The molecule has 2 aliphatic heterocycles. The van der Waals surface area contributed by atoms with Crippen LogP contribution in [0, 0.1) is 5.41 Å². The number of aromatic nitrogens is 3. The topological polar surface area (TPSA) is 207 Å². The van der Waals surface area contributed by atoms with E-state index in [0.717, 1.165) is 86.3 Å². The van der Waals surface area contributed by atoms with Crippen LogP contribution in [-0.2, 0) is 52.9 Å². The molecule has 3 aromatic rings. The van der Waals surface area contributed by atoms with Crippen LogP contribution in [0.5, 0.6) is 0 Å². The third kappa shape index (κ3) is 13.5. The number of aliphatic hydroxyl groups is 2. The summed E-state index contributed by atoms with van der Waals surface area (Å²) < 4.78 is 23.8. The SMILES string of the molecule is CCOCc1nc2c(N)nc3cc(CCCN4CCN(CCCCNC(=O)C=COCCOCCOCCN5C(=O)C=CC5=O)CC4)ccc3c2n1CC(C)(CO)CO. The van der Waals surface area contributed by atoms with E-state index in [4.69, 9.17) is 34.6 Å². The van der Waals surface area contributed by atoms with Gasteiger partial charge in [-0.2, -0.15) is 0 Å². The Morgan fingerprint density at radius 3 is 2.27 bits per heavy atom. The summed E-state index contributed by atoms with van der Waals surface area (Å²) in [6.07, 6.45) is 9.09. The summed E-state index contributed by atoms with van der Waals surface area (Å²) in [6.45, 7) is 13.2. The standard InChI is InChI=1S/C42H62N8O9/c1-3-56-28-35-46-39-40(50(35)29-42(2,30-51)31-52)33-9-8-32(27-34(33)45-41(39)43)7-6-15-48-18-16-47(17-19-48)14-5-4-13-44-36(53)12-21-57-23-25-59-26-24-58-22-20-49-37(54)10-11-38(49)55/h8-12,21,27,51-52H,3-7,13-20,22-26,28-31H2,1-2H3,(H2,43,45)(H,44,53). The first-order chi connectivity index (χ1) is 28.6. The largest absolute Gasteiger partial charge is 0.499 e. The van der Waals surface area contributed by atoms with Crippen molar-refractivity contribution in [1.29, 1.82) is 0 Å². The molecule has 324 valence electrons. The van der Waals surface area contributed by atoms with Crippen molar-refractivity contribution in [2.45, 2.75) is 52.7 Å². The molecule has 17 heteroatoms. The molecular formula is C42H62N8O9. The van der Waals surface area contributed by atoms with Crippen LogP contribution in [0.4, 0.5) is 5.82 Å². The summed E-state index contributed by atoms with van der Waals surface area (Å²) in [5.74, 6) is 0.194. The number of ether oxygens (including phenoxy) is 4. The molecule has 59 heavy (non-hydrogen) atoms. The molecule has 2 aromatic heterocycles. The van der Waals surface area contributed by atoms with Gasteiger partial charge in [0.1, 0.15) is 24.6 Å². The lowest BCUT2D eigenvalue weighted by Crippen LogP contribution is -2.46. The molecule has 0 spiro atoms. The second kappa shape index (κ2) is 23.3. The number of hydrogen-bond acceptors (Lipinski definition) is 14. The molecular weight excluding hydrogens is 761 g/mol. The molecule has 2 aliphatic rings. The number of carbonyl (C=O) groups excluding carboxylic acids is 3. The van der Waals surface area contributed by atoms with Crippen LogP contribution in [0.1, 0.15) is 44.5 Å². The van der Waals surface area contributed by atoms with Gasteiger partial charge < -0.3 is 54.6 Å². The van der Waals surface area contributed by atoms with Gasteiger partial charge in [-0.25, -0.2) is 9.97 Å². The number of hydrogen-bond donors (Lipinski definition) is 4. The van der Waals surface area contributed by atoms with E-state index in [-0.39, 0.29) is 50.7 Å². The van der Waals surface area contributed by atoms with Gasteiger partial charge in [0, 0.05) is 74.9 Å². The van der Waals surface area contributed by atoms with E-state index in [1.807, 2.05) is 18.4 Å². The lowest BCUT2D eigenvalue weighted by molar-refractivity contribution is -0.137. The Balaban J connectivity index is 0.920. The first-order valence-electron chi connectivity index (χ1n) is 20.7. The highest BCUT2D eigenvalue weighted by Crippen LogP contribution is 2.32. The molecule has 5 rings (SSSR count). The molecule has 0 aliphatic carbocycles. The summed E-state index contributed by atoms with van der Waals surface area (Å²) >= 11 is 0. The van der Waals surface area contributed by atoms with Crippen LogP contribution >= 0.6 is 0 Å². The number of nitrogens with one attached hydrogen (secondary N) is 1. The van der Waals surface area contributed by atoms with Crippen molar-refractivity contribution in [3.8, 4) is 0 Å². The Labute approximate surface area is 346 Å². The highest BCUT2D eigenvalue weighted by Gasteiger charge is 2.28. The van der Waals surface area contributed by atoms with Crippen molar-refractivity contribution < 1.29 is 43.5 Å². The van der Waals surface area contributed by atoms with Crippen molar-refractivity contribution >= 4 is 45.5 Å². The first-order valence-corrected chi connectivity index (χ1v) is 20.7. The van der Waals surface area contributed by atoms with E-state index in [2.05, 4.69) is 33.3 Å². The fourth-order valence-electron chi connectivity index (χ4n) is 7.05. The molecule has 4 heterocycles. The number of carbonyl (C=O) groups is 3. The van der Waals surface area contributed by atoms with Gasteiger partial charge in [0.2, 0.25) is 5.91 Å². The number of aryl methyl sites for hydroxylation is 1. The van der Waals surface area contributed by atoms with E-state index in [1.165, 1.54) is 30.1 Å². The fourth-order valence-corrected chi connectivity index (χ4v) is 7.05. The van der Waals surface area contributed by atoms with Gasteiger partial charge in [-0.1, -0.05) is 19.1 Å². The second-order valence-electron chi connectivity index (χ2n) is 15.3. The first kappa shape index (κ1) is 45.6. The van der Waals surface area contributed by atoms with Crippen molar-refractivity contribution in [3.63, 3.8) is 0 Å². The molecule has 1 fully saturated rings. The Kier molecular flexibility index (Phi) is 18.0. The minimum absolute atomic E-state index is 0.177. The van der Waals surface area contributed by atoms with Crippen LogP contribution in [0.15, 0.2) is 42.7 Å². The van der Waals surface area contributed by atoms with Crippen molar-refractivity contribution in [1.82, 2.24) is 34.6 Å². The Hall–Kier alpha value is -4.49. The summed E-state index contributed by atoms with van der Waals surface area (Å²) in [5.41, 5.74) is 9.15. The number of aliphatic hydroxyl groups excluding tert-OH is 2. The number of nitrogens with zero attached hydrogens (tertiary/aromatic N) is 6. The maximum atomic E-state index is 12.1. The van der Waals surface area contributed by atoms with E-state index < -0.39 is 5.41 Å². The normalized spacial score (nSPS) is 15.5. The predicted molar refractivity (Wildman–Crippen MR) is 223 cm³/mol. The van der Waals surface area contributed by atoms with Crippen LogP contribution in [0.2, 0.25) is 0 Å². The lowest BCUT2D eigenvalue weighted by atomic mass is 9.92. The number of imide groups is 1. The van der Waals surface area contributed by atoms with E-state index in [1.54, 1.807) is 0 Å². The van der Waals surface area contributed by atoms with Crippen molar-refractivity contribution in [3.05, 3.63) is 54.1 Å². The van der Waals surface area contributed by atoms with Gasteiger partial charge >= 0.3 is 0 Å². The van der Waals surface area contributed by atoms with Gasteiger partial charge in [0.25, 0.3) is 11.8 Å². The summed E-state index contributed by atoms with van der Waals surface area (Å²) in [6, 6.07) is 6.34. The highest BCUT2D eigenvalue weighted by atomic mass is 16.5. The fraction of sp³-hybridized carbons (Fsp3) is 0.595. The number of pyridine rings is 1. The van der Waals surface area contributed by atoms with Gasteiger partial charge in [0.05, 0.1) is 63.5 Å². The minimum Gasteiger partial charge on any atom is -0.499 e. The Morgan fingerprint density at radius 2 is 1.58 bits per heavy atom. The van der Waals surface area contributed by atoms with Crippen LogP contribution in [0.25, 0.3) is 21.9 Å². The molecule has 0 unspecified atom stereocenters. The highest BCUT2D eigenvalue weighted by molar-refractivity contribution is 6.12. The maximum Gasteiger partial charge on any atom is 0.253 e. The van der Waals surface area contributed by atoms with Crippen LogP contribution in [0.3, 0.4) is 0 Å². The zero-order valence-electron chi connectivity index (χ0n) is 34.6. The maximum absolute atomic E-state index is 12.1. The second-order valence-corrected chi connectivity index (χ2v) is 15.3. The quantitative estimate of drug-likeness (QED) is 0.0374. The van der Waals surface area contributed by atoms with Gasteiger partial charge in [0.15, 0.2) is 5.82 Å². The van der Waals surface area contributed by atoms with Crippen molar-refractivity contribution in [2.24, 2.45) is 5.41 Å². The third-order valence-electron chi connectivity index (χ3n) is 10.6. The molecule has 5 N–H and O–H groups in total. The molecule has 17 nitrogen and oxygen atoms in total. The number of nitrogens with two attached hydrogens (primary N) is 1. The number of nitrogen functional groups attached to an aromatic ring is 1. The predicted octanol–water partition coefficient (Wildman–Crippen LogP) is 1.63. The van der Waals surface area contributed by atoms with Crippen LogP contribution in [-0.4, -0.2) is 162 Å². The van der Waals surface area contributed by atoms with Gasteiger partial charge in [-0.05, 0) is 57.3 Å². The molecule has 3 amide bonds. The Bertz CT molecular complexity index is 1870. The zero-order chi connectivity index (χ0) is 42.0. The van der Waals surface area contributed by atoms with Crippen LogP contribution < -0.4 is 11.1 Å². The average Bonchev–Trinajstić information content (AvgIpc) is 3.76. The molecule has 1 saturated heterocycles. The molecule has 0 bridgehead atoms. The third-order valence-corrected chi connectivity index (χ3v) is 10.6. The number of imidazole rings is 1. The number of unbranched alkanes of at least 4 members (excludes halogenated alkanes) is 1. The monoisotopic (exact) mass is 822 g/mol. The summed E-state index contributed by atoms with van der Waals surface area (Å²) in [7, 11) is 0. The van der Waals surface area contributed by atoms with E-state index in [9.17, 15) is 24.6 Å². The number of rotatable bonds is 27. The van der Waals surface area contributed by atoms with Gasteiger partial charge in [-0.3, -0.25) is 19.3 Å². The summed E-state index contributed by atoms with van der Waals surface area (Å²) in [5, 5.41) is 24.0. The number of amides is 3. The lowest BCUT2D eigenvalue weighted by Gasteiger charge is -2.34. The molecule has 0 atom stereocenters. The van der Waals surface area contributed by atoms with Gasteiger partial charge in [-0.15, -0.1) is 0 Å².